The lowest BCUT2D eigenvalue weighted by molar-refractivity contribution is 0.493. The summed E-state index contributed by atoms with van der Waals surface area (Å²) in [6.07, 6.45) is 5.40. The summed E-state index contributed by atoms with van der Waals surface area (Å²) in [6.45, 7) is 3.81. The number of piperidine rings is 1. The summed E-state index contributed by atoms with van der Waals surface area (Å²) in [4.78, 5) is 18.6. The quantitative estimate of drug-likeness (QED) is 0.675. The zero-order valence-corrected chi connectivity index (χ0v) is 16.4. The number of aromatic amines is 1. The molecule has 0 radical (unpaired) electrons. The molecule has 1 aliphatic rings. The highest BCUT2D eigenvalue weighted by molar-refractivity contribution is 6.42. The van der Waals surface area contributed by atoms with E-state index in [4.69, 9.17) is 28.9 Å². The van der Waals surface area contributed by atoms with Gasteiger partial charge in [-0.1, -0.05) is 29.3 Å². The van der Waals surface area contributed by atoms with Crippen LogP contribution in [0.25, 0.3) is 11.1 Å². The van der Waals surface area contributed by atoms with Gasteiger partial charge in [0.1, 0.15) is 12.1 Å². The number of hydrogen-bond donors (Lipinski definition) is 2. The highest BCUT2D eigenvalue weighted by atomic mass is 35.5. The van der Waals surface area contributed by atoms with Gasteiger partial charge >= 0.3 is 0 Å². The van der Waals surface area contributed by atoms with E-state index in [9.17, 15) is 0 Å². The van der Waals surface area contributed by atoms with Crippen LogP contribution in [0.1, 0.15) is 30.1 Å². The first-order valence-corrected chi connectivity index (χ1v) is 9.61. The minimum Gasteiger partial charge on any atom is -0.369 e. The number of aromatic nitrogens is 4. The molecule has 1 aliphatic heterocycles. The summed E-state index contributed by atoms with van der Waals surface area (Å²) in [7, 11) is 0. The van der Waals surface area contributed by atoms with Crippen LogP contribution < -0.4 is 10.6 Å². The molecule has 8 heteroatoms. The number of nitrogens with zero attached hydrogens (tertiary/aromatic N) is 4. The van der Waals surface area contributed by atoms with Gasteiger partial charge in [-0.3, -0.25) is 0 Å². The first-order chi connectivity index (χ1) is 13.0. The topological polar surface area (TPSA) is 83.7 Å². The average molecular weight is 403 g/mol. The van der Waals surface area contributed by atoms with Crippen molar-refractivity contribution >= 4 is 35.0 Å². The van der Waals surface area contributed by atoms with E-state index >= 15 is 0 Å². The number of hydrogen-bond acceptors (Lipinski definition) is 5. The highest BCUT2D eigenvalue weighted by Crippen LogP contribution is 2.36. The SMILES string of the molecule is Cc1[nH]c(N)nc1C1CCN(c2ncncc2-c2ccc(Cl)c(Cl)c2)CC1. The molecule has 1 fully saturated rings. The van der Waals surface area contributed by atoms with Gasteiger partial charge in [0.15, 0.2) is 5.95 Å². The molecule has 0 spiro atoms. The molecule has 0 amide bonds. The summed E-state index contributed by atoms with van der Waals surface area (Å²) in [6, 6.07) is 5.60. The van der Waals surface area contributed by atoms with E-state index in [1.807, 2.05) is 25.3 Å². The molecule has 2 aromatic heterocycles. The number of aryl methyl sites for hydroxylation is 1. The molecule has 0 aliphatic carbocycles. The van der Waals surface area contributed by atoms with Crippen molar-refractivity contribution in [3.05, 3.63) is 52.2 Å². The van der Waals surface area contributed by atoms with E-state index in [0.717, 1.165) is 54.3 Å². The summed E-state index contributed by atoms with van der Waals surface area (Å²) in [5.41, 5.74) is 9.85. The van der Waals surface area contributed by atoms with Crippen LogP contribution in [-0.4, -0.2) is 33.0 Å². The number of rotatable bonds is 3. The zero-order valence-electron chi connectivity index (χ0n) is 14.9. The number of nitrogen functional groups attached to an aromatic ring is 1. The van der Waals surface area contributed by atoms with Crippen molar-refractivity contribution in [2.45, 2.75) is 25.7 Å². The van der Waals surface area contributed by atoms with Gasteiger partial charge < -0.3 is 15.6 Å². The molecule has 6 nitrogen and oxygen atoms in total. The largest absolute Gasteiger partial charge is 0.369 e. The van der Waals surface area contributed by atoms with Crippen LogP contribution in [0, 0.1) is 6.92 Å². The van der Waals surface area contributed by atoms with Crippen LogP contribution in [0.5, 0.6) is 0 Å². The Labute approximate surface area is 167 Å². The lowest BCUT2D eigenvalue weighted by atomic mass is 9.92. The van der Waals surface area contributed by atoms with E-state index < -0.39 is 0 Å². The number of halogens is 2. The van der Waals surface area contributed by atoms with E-state index in [1.54, 1.807) is 12.4 Å². The van der Waals surface area contributed by atoms with Crippen molar-refractivity contribution in [1.82, 2.24) is 19.9 Å². The predicted molar refractivity (Wildman–Crippen MR) is 109 cm³/mol. The maximum absolute atomic E-state index is 6.20. The molecule has 0 saturated carbocycles. The molecular weight excluding hydrogens is 383 g/mol. The molecule has 0 unspecified atom stereocenters. The summed E-state index contributed by atoms with van der Waals surface area (Å²) >= 11 is 12.3. The Hall–Kier alpha value is -2.31. The number of imidazole rings is 1. The van der Waals surface area contributed by atoms with Crippen LogP contribution in [0.2, 0.25) is 10.0 Å². The number of nitrogens with one attached hydrogen (secondary N) is 1. The van der Waals surface area contributed by atoms with E-state index in [-0.39, 0.29) is 0 Å². The second kappa shape index (κ2) is 7.37. The second-order valence-corrected chi connectivity index (χ2v) is 7.60. The second-order valence-electron chi connectivity index (χ2n) is 6.78. The Morgan fingerprint density at radius 2 is 1.96 bits per heavy atom. The third-order valence-corrected chi connectivity index (χ3v) is 5.78. The van der Waals surface area contributed by atoms with Crippen LogP contribution in [0.4, 0.5) is 11.8 Å². The lowest BCUT2D eigenvalue weighted by Gasteiger charge is -2.33. The van der Waals surface area contributed by atoms with Crippen molar-refractivity contribution in [2.24, 2.45) is 0 Å². The molecule has 0 bridgehead atoms. The number of benzene rings is 1. The van der Waals surface area contributed by atoms with Crippen LogP contribution in [0.3, 0.4) is 0 Å². The van der Waals surface area contributed by atoms with Gasteiger partial charge in [-0.2, -0.15) is 0 Å². The maximum atomic E-state index is 6.20. The fourth-order valence-corrected chi connectivity index (χ4v) is 4.00. The number of H-pyrrole nitrogens is 1. The number of nitrogens with two attached hydrogens (primary N) is 1. The Morgan fingerprint density at radius 1 is 1.19 bits per heavy atom. The summed E-state index contributed by atoms with van der Waals surface area (Å²) in [5, 5.41) is 1.06. The monoisotopic (exact) mass is 402 g/mol. The zero-order chi connectivity index (χ0) is 19.0. The minimum atomic E-state index is 0.407. The summed E-state index contributed by atoms with van der Waals surface area (Å²) < 4.78 is 0. The molecule has 4 rings (SSSR count). The van der Waals surface area contributed by atoms with Crippen molar-refractivity contribution in [1.29, 1.82) is 0 Å². The van der Waals surface area contributed by atoms with Gasteiger partial charge in [0.05, 0.1) is 15.7 Å². The van der Waals surface area contributed by atoms with E-state index in [1.165, 1.54) is 0 Å². The molecular formula is C19H20Cl2N6. The Kier molecular flexibility index (Phi) is 4.93. The van der Waals surface area contributed by atoms with Gasteiger partial charge in [-0.15, -0.1) is 0 Å². The molecule has 3 aromatic rings. The molecule has 3 N–H and O–H groups in total. The third kappa shape index (κ3) is 3.59. The molecule has 1 saturated heterocycles. The van der Waals surface area contributed by atoms with E-state index in [2.05, 4.69) is 24.8 Å². The van der Waals surface area contributed by atoms with Crippen molar-refractivity contribution in [3.8, 4) is 11.1 Å². The van der Waals surface area contributed by atoms with Crippen molar-refractivity contribution in [2.75, 3.05) is 23.7 Å². The van der Waals surface area contributed by atoms with Crippen LogP contribution in [-0.2, 0) is 0 Å². The van der Waals surface area contributed by atoms with Crippen LogP contribution in [0.15, 0.2) is 30.7 Å². The lowest BCUT2D eigenvalue weighted by Crippen LogP contribution is -2.34. The first-order valence-electron chi connectivity index (χ1n) is 8.85. The first kappa shape index (κ1) is 18.1. The Balaban J connectivity index is 1.57. The Bertz CT molecular complexity index is 963. The van der Waals surface area contributed by atoms with Crippen molar-refractivity contribution < 1.29 is 0 Å². The van der Waals surface area contributed by atoms with Crippen molar-refractivity contribution in [3.63, 3.8) is 0 Å². The molecule has 140 valence electrons. The minimum absolute atomic E-state index is 0.407. The molecule has 27 heavy (non-hydrogen) atoms. The van der Waals surface area contributed by atoms with Gasteiger partial charge in [-0.05, 0) is 37.5 Å². The standard InChI is InChI=1S/C19H20Cl2N6/c1-11-17(26-19(22)25-11)12-4-6-27(7-5-12)18-14(9-23-10-24-18)13-2-3-15(20)16(21)8-13/h2-3,8-10,12H,4-7H2,1H3,(H3,22,25,26). The average Bonchev–Trinajstić information content (AvgIpc) is 3.02. The van der Waals surface area contributed by atoms with Gasteiger partial charge in [-0.25, -0.2) is 15.0 Å². The predicted octanol–water partition coefficient (Wildman–Crippen LogP) is 4.45. The number of anilines is 2. The Morgan fingerprint density at radius 3 is 2.63 bits per heavy atom. The maximum Gasteiger partial charge on any atom is 0.197 e. The highest BCUT2D eigenvalue weighted by Gasteiger charge is 2.26. The normalized spacial score (nSPS) is 15.3. The molecule has 0 atom stereocenters. The fourth-order valence-electron chi connectivity index (χ4n) is 3.70. The molecule has 3 heterocycles. The van der Waals surface area contributed by atoms with Crippen LogP contribution >= 0.6 is 23.2 Å². The molecule has 1 aromatic carbocycles. The van der Waals surface area contributed by atoms with Gasteiger partial charge in [0, 0.05) is 36.5 Å². The third-order valence-electron chi connectivity index (χ3n) is 5.04. The smallest absolute Gasteiger partial charge is 0.197 e. The summed E-state index contributed by atoms with van der Waals surface area (Å²) in [5.74, 6) is 1.81. The fraction of sp³-hybridized carbons (Fsp3) is 0.316. The van der Waals surface area contributed by atoms with E-state index in [0.29, 0.717) is 21.9 Å². The van der Waals surface area contributed by atoms with Gasteiger partial charge in [0.2, 0.25) is 0 Å². The van der Waals surface area contributed by atoms with Gasteiger partial charge in [0.25, 0.3) is 0 Å².